The molecule has 130 valence electrons. The van der Waals surface area contributed by atoms with E-state index in [4.69, 9.17) is 5.11 Å². The summed E-state index contributed by atoms with van der Waals surface area (Å²) in [5, 5.41) is 12.2. The Balaban J connectivity index is 3.17. The van der Waals surface area contributed by atoms with Crippen LogP contribution >= 0.6 is 0 Å². The summed E-state index contributed by atoms with van der Waals surface area (Å²) in [6.45, 7) is 8.43. The minimum absolute atomic E-state index is 0.0264. The molecule has 0 aliphatic rings. The van der Waals surface area contributed by atoms with Gasteiger partial charge in [-0.2, -0.15) is 0 Å². The second-order valence-electron chi connectivity index (χ2n) is 6.06. The van der Waals surface area contributed by atoms with Gasteiger partial charge in [-0.05, 0) is 43.9 Å². The van der Waals surface area contributed by atoms with Crippen LogP contribution in [0.5, 0.6) is 0 Å². The molecule has 0 unspecified atom stereocenters. The second kappa shape index (κ2) is 8.31. The fraction of sp³-hybridized carbons (Fsp3) is 0.562. The van der Waals surface area contributed by atoms with E-state index in [2.05, 4.69) is 23.9 Å². The monoisotopic (exact) mass is 342 g/mol. The van der Waals surface area contributed by atoms with E-state index in [9.17, 15) is 13.2 Å². The highest BCUT2D eigenvalue weighted by atomic mass is 32.2. The van der Waals surface area contributed by atoms with Gasteiger partial charge in [-0.1, -0.05) is 20.8 Å². The topological polar surface area (TPSA) is 95.5 Å². The molecule has 0 saturated carbocycles. The molecule has 0 heterocycles. The van der Waals surface area contributed by atoms with Crippen molar-refractivity contribution in [3.8, 4) is 0 Å². The van der Waals surface area contributed by atoms with Crippen LogP contribution in [0.1, 0.15) is 50.9 Å². The number of sulfonamides is 1. The van der Waals surface area contributed by atoms with Gasteiger partial charge in [0.1, 0.15) is 4.90 Å². The molecule has 1 atom stereocenters. The third-order valence-corrected chi connectivity index (χ3v) is 5.15. The molecule has 0 aromatic heterocycles. The lowest BCUT2D eigenvalue weighted by atomic mass is 10.1. The maximum absolute atomic E-state index is 12.6. The van der Waals surface area contributed by atoms with Crippen molar-refractivity contribution < 1.29 is 18.3 Å². The summed E-state index contributed by atoms with van der Waals surface area (Å²) in [6.07, 6.45) is 1.53. The second-order valence-corrected chi connectivity index (χ2v) is 7.74. The van der Waals surface area contributed by atoms with Gasteiger partial charge in [0.15, 0.2) is 0 Å². The molecule has 0 spiro atoms. The molecule has 3 N–H and O–H groups in total. The quantitative estimate of drug-likeness (QED) is 0.641. The average Bonchev–Trinajstić information content (AvgIpc) is 2.46. The van der Waals surface area contributed by atoms with Crippen LogP contribution in [0.15, 0.2) is 23.1 Å². The van der Waals surface area contributed by atoms with Gasteiger partial charge in [0.25, 0.3) is 0 Å². The van der Waals surface area contributed by atoms with Gasteiger partial charge in [-0.15, -0.1) is 0 Å². The normalized spacial score (nSPS) is 13.1. The van der Waals surface area contributed by atoms with E-state index >= 15 is 0 Å². The number of nitrogens with one attached hydrogen (secondary N) is 2. The summed E-state index contributed by atoms with van der Waals surface area (Å²) in [6, 6.07) is 3.89. The Hall–Kier alpha value is -1.60. The van der Waals surface area contributed by atoms with Gasteiger partial charge in [0.05, 0.1) is 11.3 Å². The molecule has 0 aliphatic heterocycles. The molecular weight excluding hydrogens is 316 g/mol. The highest BCUT2D eigenvalue weighted by Crippen LogP contribution is 2.24. The number of carbonyl (C=O) groups is 1. The smallest absolute Gasteiger partial charge is 0.335 e. The van der Waals surface area contributed by atoms with Crippen molar-refractivity contribution in [3.05, 3.63) is 23.8 Å². The maximum atomic E-state index is 12.6. The zero-order chi connectivity index (χ0) is 17.6. The molecule has 23 heavy (non-hydrogen) atoms. The zero-order valence-corrected chi connectivity index (χ0v) is 14.9. The Bertz CT molecular complexity index is 641. The fourth-order valence-corrected chi connectivity index (χ4v) is 3.47. The van der Waals surface area contributed by atoms with Crippen molar-refractivity contribution >= 4 is 21.7 Å². The maximum Gasteiger partial charge on any atom is 0.335 e. The summed E-state index contributed by atoms with van der Waals surface area (Å²) < 4.78 is 27.7. The molecule has 0 fully saturated rings. The summed E-state index contributed by atoms with van der Waals surface area (Å²) in [7, 11) is -3.78. The van der Waals surface area contributed by atoms with E-state index in [1.807, 2.05) is 6.92 Å². The number of carboxylic acids is 1. The van der Waals surface area contributed by atoms with Crippen LogP contribution in [0.4, 0.5) is 5.69 Å². The standard InChI is InChI=1S/C16H26N2O4S/c1-5-12(4)18-23(21,22)15-10-13(16(19)20)6-7-14(15)17-9-8-11(2)3/h6-7,10-12,17-18H,5,8-9H2,1-4H3,(H,19,20)/t12-/m1/s1. The van der Waals surface area contributed by atoms with Gasteiger partial charge < -0.3 is 10.4 Å². The number of hydrogen-bond acceptors (Lipinski definition) is 4. The van der Waals surface area contributed by atoms with Gasteiger partial charge in [0.2, 0.25) is 10.0 Å². The molecule has 0 radical (unpaired) electrons. The summed E-state index contributed by atoms with van der Waals surface area (Å²) in [5.74, 6) is -0.669. The Morgan fingerprint density at radius 1 is 1.26 bits per heavy atom. The zero-order valence-electron chi connectivity index (χ0n) is 14.1. The lowest BCUT2D eigenvalue weighted by Gasteiger charge is -2.17. The Labute approximate surface area is 138 Å². The number of aromatic carboxylic acids is 1. The number of benzene rings is 1. The van der Waals surface area contributed by atoms with Gasteiger partial charge in [0, 0.05) is 12.6 Å². The van der Waals surface area contributed by atoms with Crippen molar-refractivity contribution in [1.82, 2.24) is 4.72 Å². The van der Waals surface area contributed by atoms with E-state index in [1.165, 1.54) is 18.2 Å². The average molecular weight is 342 g/mol. The van der Waals surface area contributed by atoms with Crippen molar-refractivity contribution in [2.24, 2.45) is 5.92 Å². The van der Waals surface area contributed by atoms with Crippen LogP contribution < -0.4 is 10.0 Å². The largest absolute Gasteiger partial charge is 0.478 e. The SMILES string of the molecule is CC[C@@H](C)NS(=O)(=O)c1cc(C(=O)O)ccc1NCCC(C)C. The molecule has 0 bridgehead atoms. The van der Waals surface area contributed by atoms with Gasteiger partial charge in [-0.3, -0.25) is 0 Å². The molecule has 6 nitrogen and oxygen atoms in total. The lowest BCUT2D eigenvalue weighted by Crippen LogP contribution is -2.32. The number of hydrogen-bond donors (Lipinski definition) is 3. The van der Waals surface area contributed by atoms with Crippen LogP contribution in [0.2, 0.25) is 0 Å². The van der Waals surface area contributed by atoms with E-state index in [0.29, 0.717) is 24.6 Å². The molecular formula is C16H26N2O4S. The first-order chi connectivity index (χ1) is 10.7. The first-order valence-electron chi connectivity index (χ1n) is 7.81. The molecule has 1 rings (SSSR count). The number of rotatable bonds is 9. The van der Waals surface area contributed by atoms with Gasteiger partial charge in [-0.25, -0.2) is 17.9 Å². The predicted octanol–water partition coefficient (Wildman–Crippen LogP) is 2.92. The van der Waals surface area contributed by atoms with E-state index in [1.54, 1.807) is 6.92 Å². The van der Waals surface area contributed by atoms with E-state index < -0.39 is 16.0 Å². The fourth-order valence-electron chi connectivity index (χ4n) is 1.93. The van der Waals surface area contributed by atoms with Crippen LogP contribution in [-0.2, 0) is 10.0 Å². The Kier molecular flexibility index (Phi) is 7.02. The highest BCUT2D eigenvalue weighted by molar-refractivity contribution is 7.89. The van der Waals surface area contributed by atoms with Crippen molar-refractivity contribution in [2.45, 2.75) is 51.5 Å². The lowest BCUT2D eigenvalue weighted by molar-refractivity contribution is 0.0696. The minimum Gasteiger partial charge on any atom is -0.478 e. The molecule has 7 heteroatoms. The highest BCUT2D eigenvalue weighted by Gasteiger charge is 2.22. The van der Waals surface area contributed by atoms with Crippen molar-refractivity contribution in [2.75, 3.05) is 11.9 Å². The van der Waals surface area contributed by atoms with E-state index in [0.717, 1.165) is 6.42 Å². The van der Waals surface area contributed by atoms with Crippen LogP contribution in [0, 0.1) is 5.92 Å². The van der Waals surface area contributed by atoms with Gasteiger partial charge >= 0.3 is 5.97 Å². The molecule has 0 aliphatic carbocycles. The molecule has 1 aromatic carbocycles. The van der Waals surface area contributed by atoms with E-state index in [-0.39, 0.29) is 16.5 Å². The number of anilines is 1. The Morgan fingerprint density at radius 2 is 1.91 bits per heavy atom. The molecule has 1 aromatic rings. The van der Waals surface area contributed by atoms with Crippen LogP contribution in [0.3, 0.4) is 0 Å². The first kappa shape index (κ1) is 19.4. The van der Waals surface area contributed by atoms with Crippen LogP contribution in [-0.4, -0.2) is 32.1 Å². The number of carboxylic acid groups (broad SMARTS) is 1. The van der Waals surface area contributed by atoms with Crippen molar-refractivity contribution in [3.63, 3.8) is 0 Å². The predicted molar refractivity (Wildman–Crippen MR) is 91.4 cm³/mol. The summed E-state index contributed by atoms with van der Waals surface area (Å²) >= 11 is 0. The van der Waals surface area contributed by atoms with Crippen molar-refractivity contribution in [1.29, 1.82) is 0 Å². The molecule has 0 amide bonds. The van der Waals surface area contributed by atoms with Crippen LogP contribution in [0.25, 0.3) is 0 Å². The Morgan fingerprint density at radius 3 is 2.43 bits per heavy atom. The summed E-state index contributed by atoms with van der Waals surface area (Å²) in [4.78, 5) is 11.1. The minimum atomic E-state index is -3.78. The molecule has 0 saturated heterocycles. The summed E-state index contributed by atoms with van der Waals surface area (Å²) in [5.41, 5.74) is 0.371. The third kappa shape index (κ3) is 5.84. The third-order valence-electron chi connectivity index (χ3n) is 3.52. The first-order valence-corrected chi connectivity index (χ1v) is 9.29.